The first-order valence-electron chi connectivity index (χ1n) is 10.3. The van der Waals surface area contributed by atoms with Crippen molar-refractivity contribution in [2.45, 2.75) is 52.1 Å². The van der Waals surface area contributed by atoms with Crippen molar-refractivity contribution in [2.24, 2.45) is 5.92 Å². The fraction of sp³-hybridized carbons (Fsp3) is 0.458. The van der Waals surface area contributed by atoms with Crippen molar-refractivity contribution in [3.63, 3.8) is 0 Å². The van der Waals surface area contributed by atoms with Crippen LogP contribution in [0.5, 0.6) is 0 Å². The Bertz CT molecular complexity index is 797. The van der Waals surface area contributed by atoms with E-state index in [-0.39, 0.29) is 17.6 Å². The summed E-state index contributed by atoms with van der Waals surface area (Å²) in [6, 6.07) is 15.4. The van der Waals surface area contributed by atoms with Crippen molar-refractivity contribution in [2.75, 3.05) is 13.1 Å². The minimum atomic E-state index is -0.268. The fourth-order valence-electron chi connectivity index (χ4n) is 4.14. The average Bonchev–Trinajstić information content (AvgIpc) is 2.71. The highest BCUT2D eigenvalue weighted by Crippen LogP contribution is 2.31. The van der Waals surface area contributed by atoms with E-state index in [0.29, 0.717) is 18.5 Å². The second-order valence-electron chi connectivity index (χ2n) is 8.12. The Balaban J connectivity index is 1.53. The second kappa shape index (κ2) is 9.33. The summed E-state index contributed by atoms with van der Waals surface area (Å²) < 4.78 is 13.3. The molecule has 0 spiro atoms. The lowest BCUT2D eigenvalue weighted by atomic mass is 9.90. The summed E-state index contributed by atoms with van der Waals surface area (Å²) in [5.41, 5.74) is 3.60. The minimum absolute atomic E-state index is 0.0392. The third-order valence-corrected chi connectivity index (χ3v) is 5.87. The lowest BCUT2D eigenvalue weighted by molar-refractivity contribution is -0.126. The summed E-state index contributed by atoms with van der Waals surface area (Å²) >= 11 is 0. The molecular formula is C24H31FN2O. The molecular weight excluding hydrogens is 351 g/mol. The number of halogens is 1. The van der Waals surface area contributed by atoms with Gasteiger partial charge >= 0.3 is 0 Å². The molecule has 0 radical (unpaired) electrons. The molecule has 0 aliphatic carbocycles. The van der Waals surface area contributed by atoms with E-state index in [1.165, 1.54) is 23.3 Å². The molecule has 0 saturated carbocycles. The molecule has 1 aliphatic rings. The maximum Gasteiger partial charge on any atom is 0.223 e. The van der Waals surface area contributed by atoms with E-state index >= 15 is 0 Å². The molecule has 1 heterocycles. The number of hydrogen-bond acceptors (Lipinski definition) is 2. The average molecular weight is 383 g/mol. The van der Waals surface area contributed by atoms with Gasteiger partial charge in [-0.2, -0.15) is 0 Å². The number of carbonyl (C=O) groups is 1. The molecule has 0 aromatic heterocycles. The van der Waals surface area contributed by atoms with E-state index in [2.05, 4.69) is 55.3 Å². The topological polar surface area (TPSA) is 32.3 Å². The molecule has 2 aromatic carbocycles. The van der Waals surface area contributed by atoms with Gasteiger partial charge in [0, 0.05) is 18.5 Å². The van der Waals surface area contributed by atoms with E-state index < -0.39 is 0 Å². The van der Waals surface area contributed by atoms with Gasteiger partial charge in [-0.1, -0.05) is 50.2 Å². The Hall–Kier alpha value is -2.20. The largest absolute Gasteiger partial charge is 0.352 e. The van der Waals surface area contributed by atoms with Crippen LogP contribution in [0, 0.1) is 11.7 Å². The summed E-state index contributed by atoms with van der Waals surface area (Å²) in [7, 11) is 0. The molecule has 1 amide bonds. The van der Waals surface area contributed by atoms with E-state index in [1.807, 2.05) is 6.07 Å². The maximum atomic E-state index is 13.3. The van der Waals surface area contributed by atoms with Crippen molar-refractivity contribution in [1.29, 1.82) is 0 Å². The molecule has 1 saturated heterocycles. The van der Waals surface area contributed by atoms with Crippen LogP contribution in [0.3, 0.4) is 0 Å². The highest BCUT2D eigenvalue weighted by molar-refractivity contribution is 5.78. The van der Waals surface area contributed by atoms with Gasteiger partial charge in [-0.15, -0.1) is 0 Å². The van der Waals surface area contributed by atoms with Gasteiger partial charge in [-0.25, -0.2) is 4.39 Å². The summed E-state index contributed by atoms with van der Waals surface area (Å²) in [4.78, 5) is 15.0. The normalized spacial score (nSPS) is 16.9. The number of likely N-dealkylation sites (tertiary alicyclic amines) is 1. The summed E-state index contributed by atoms with van der Waals surface area (Å²) in [6.45, 7) is 8.97. The molecule has 150 valence electrons. The van der Waals surface area contributed by atoms with Crippen LogP contribution in [0.2, 0.25) is 0 Å². The highest BCUT2D eigenvalue weighted by atomic mass is 19.1. The van der Waals surface area contributed by atoms with Crippen molar-refractivity contribution >= 4 is 5.91 Å². The van der Waals surface area contributed by atoms with Gasteiger partial charge in [0.2, 0.25) is 5.91 Å². The lowest BCUT2D eigenvalue weighted by Gasteiger charge is -2.36. The zero-order chi connectivity index (χ0) is 20.1. The molecule has 0 bridgehead atoms. The first-order chi connectivity index (χ1) is 13.5. The Morgan fingerprint density at radius 1 is 1.07 bits per heavy atom. The Kier molecular flexibility index (Phi) is 6.84. The van der Waals surface area contributed by atoms with Crippen LogP contribution < -0.4 is 5.32 Å². The number of amides is 1. The van der Waals surface area contributed by atoms with Crippen molar-refractivity contribution in [1.82, 2.24) is 10.2 Å². The number of hydrogen-bond donors (Lipinski definition) is 1. The molecule has 1 N–H and O–H groups in total. The molecule has 1 fully saturated rings. The maximum absolute atomic E-state index is 13.3. The minimum Gasteiger partial charge on any atom is -0.352 e. The quantitative estimate of drug-likeness (QED) is 0.759. The van der Waals surface area contributed by atoms with Gasteiger partial charge in [-0.05, 0) is 67.6 Å². The molecule has 1 atom stereocenters. The molecule has 2 aromatic rings. The first kappa shape index (κ1) is 20.5. The highest BCUT2D eigenvalue weighted by Gasteiger charge is 2.28. The van der Waals surface area contributed by atoms with Crippen LogP contribution in [0.25, 0.3) is 0 Å². The summed E-state index contributed by atoms with van der Waals surface area (Å²) in [5.74, 6) is 0.358. The monoisotopic (exact) mass is 382 g/mol. The summed E-state index contributed by atoms with van der Waals surface area (Å²) in [6.07, 6.45) is 1.73. The van der Waals surface area contributed by atoms with Crippen molar-refractivity contribution in [3.8, 4) is 0 Å². The van der Waals surface area contributed by atoms with Crippen molar-refractivity contribution < 1.29 is 9.18 Å². The number of nitrogens with one attached hydrogen (secondary N) is 1. The first-order valence-corrected chi connectivity index (χ1v) is 10.3. The number of carbonyl (C=O) groups excluding carboxylic acids is 1. The van der Waals surface area contributed by atoms with Gasteiger partial charge < -0.3 is 5.32 Å². The number of nitrogens with zero attached hydrogens (tertiary/aromatic N) is 1. The van der Waals surface area contributed by atoms with Crippen LogP contribution in [-0.4, -0.2) is 23.9 Å². The predicted octanol–water partition coefficient (Wildman–Crippen LogP) is 5.04. The zero-order valence-electron chi connectivity index (χ0n) is 17.1. The molecule has 28 heavy (non-hydrogen) atoms. The molecule has 4 heteroatoms. The third kappa shape index (κ3) is 4.99. The zero-order valence-corrected chi connectivity index (χ0v) is 17.1. The lowest BCUT2D eigenvalue weighted by Crippen LogP contribution is -2.41. The Morgan fingerprint density at radius 2 is 1.75 bits per heavy atom. The SMILES string of the molecule is CC(C)c1ccccc1C(C)N1CCC(C(=O)NCc2cccc(F)c2)CC1. The van der Waals surface area contributed by atoms with E-state index in [0.717, 1.165) is 31.5 Å². The number of piperidine rings is 1. The second-order valence-corrected chi connectivity index (χ2v) is 8.12. The van der Waals surface area contributed by atoms with Gasteiger partial charge in [0.25, 0.3) is 0 Å². The Labute approximate surface area is 167 Å². The van der Waals surface area contributed by atoms with Crippen LogP contribution in [0.4, 0.5) is 4.39 Å². The van der Waals surface area contributed by atoms with Crippen LogP contribution in [-0.2, 0) is 11.3 Å². The smallest absolute Gasteiger partial charge is 0.223 e. The van der Waals surface area contributed by atoms with E-state index in [4.69, 9.17) is 0 Å². The molecule has 3 nitrogen and oxygen atoms in total. The molecule has 1 aliphatic heterocycles. The van der Waals surface area contributed by atoms with Gasteiger partial charge in [-0.3, -0.25) is 9.69 Å². The standard InChI is InChI=1S/C24H31FN2O/c1-17(2)22-9-4-5-10-23(22)18(3)27-13-11-20(12-14-27)24(28)26-16-19-7-6-8-21(25)15-19/h4-10,15,17-18,20H,11-14,16H2,1-3H3,(H,26,28). The van der Waals surface area contributed by atoms with E-state index in [9.17, 15) is 9.18 Å². The van der Waals surface area contributed by atoms with Crippen LogP contribution in [0.1, 0.15) is 62.3 Å². The molecule has 3 rings (SSSR count). The number of rotatable bonds is 6. The van der Waals surface area contributed by atoms with Gasteiger partial charge in [0.1, 0.15) is 5.82 Å². The number of benzene rings is 2. The van der Waals surface area contributed by atoms with Crippen LogP contribution in [0.15, 0.2) is 48.5 Å². The van der Waals surface area contributed by atoms with Crippen LogP contribution >= 0.6 is 0 Å². The van der Waals surface area contributed by atoms with Gasteiger partial charge in [0.15, 0.2) is 0 Å². The molecule has 1 unspecified atom stereocenters. The fourth-order valence-corrected chi connectivity index (χ4v) is 4.14. The Morgan fingerprint density at radius 3 is 2.39 bits per heavy atom. The predicted molar refractivity (Wildman–Crippen MR) is 111 cm³/mol. The summed E-state index contributed by atoms with van der Waals surface area (Å²) in [5, 5.41) is 2.97. The van der Waals surface area contributed by atoms with E-state index in [1.54, 1.807) is 6.07 Å². The van der Waals surface area contributed by atoms with Crippen molar-refractivity contribution in [3.05, 3.63) is 71.0 Å². The van der Waals surface area contributed by atoms with Gasteiger partial charge in [0.05, 0.1) is 0 Å². The third-order valence-electron chi connectivity index (χ3n) is 5.87.